The van der Waals surface area contributed by atoms with E-state index in [9.17, 15) is 4.39 Å². The molecule has 0 N–H and O–H groups in total. The van der Waals surface area contributed by atoms with Crippen molar-refractivity contribution >= 4 is 0 Å². The number of aromatic nitrogens is 2. The van der Waals surface area contributed by atoms with Gasteiger partial charge >= 0.3 is 0 Å². The lowest BCUT2D eigenvalue weighted by Crippen LogP contribution is -2.26. The van der Waals surface area contributed by atoms with Crippen molar-refractivity contribution in [3.8, 4) is 0 Å². The van der Waals surface area contributed by atoms with E-state index in [0.717, 1.165) is 17.0 Å². The predicted molar refractivity (Wildman–Crippen MR) is 85.2 cm³/mol. The van der Waals surface area contributed by atoms with Gasteiger partial charge in [-0.2, -0.15) is 0 Å². The Labute approximate surface area is 134 Å². The van der Waals surface area contributed by atoms with Crippen LogP contribution in [0.1, 0.15) is 29.0 Å². The van der Waals surface area contributed by atoms with Crippen LogP contribution in [-0.2, 0) is 6.54 Å². The smallest absolute Gasteiger partial charge is 0.208 e. The van der Waals surface area contributed by atoms with Gasteiger partial charge in [0.25, 0.3) is 0 Å². The summed E-state index contributed by atoms with van der Waals surface area (Å²) in [7, 11) is 1.95. The molecular formula is C18H18FN3O. The Bertz CT molecular complexity index is 773. The fourth-order valence-corrected chi connectivity index (χ4v) is 2.64. The Kier molecular flexibility index (Phi) is 4.48. The molecule has 0 bridgehead atoms. The number of halogens is 1. The van der Waals surface area contributed by atoms with E-state index in [1.165, 1.54) is 12.1 Å². The summed E-state index contributed by atoms with van der Waals surface area (Å²) < 4.78 is 19.2. The molecule has 0 aliphatic rings. The molecule has 1 aromatic carbocycles. The van der Waals surface area contributed by atoms with E-state index < -0.39 is 0 Å². The van der Waals surface area contributed by atoms with Crippen LogP contribution >= 0.6 is 0 Å². The van der Waals surface area contributed by atoms with Gasteiger partial charge in [0.2, 0.25) is 5.89 Å². The lowest BCUT2D eigenvalue weighted by Gasteiger charge is -2.27. The van der Waals surface area contributed by atoms with Gasteiger partial charge < -0.3 is 4.42 Å². The first-order valence-electron chi connectivity index (χ1n) is 7.41. The highest BCUT2D eigenvalue weighted by molar-refractivity contribution is 5.28. The van der Waals surface area contributed by atoms with Crippen LogP contribution in [0, 0.1) is 12.7 Å². The van der Waals surface area contributed by atoms with E-state index in [1.807, 2.05) is 43.1 Å². The van der Waals surface area contributed by atoms with E-state index in [2.05, 4.69) is 9.97 Å². The monoisotopic (exact) mass is 311 g/mol. The molecule has 0 fully saturated rings. The Morgan fingerprint density at radius 1 is 1.17 bits per heavy atom. The molecule has 0 unspecified atom stereocenters. The number of hydrogen-bond donors (Lipinski definition) is 0. The second-order valence-corrected chi connectivity index (χ2v) is 5.49. The maximum atomic E-state index is 13.7. The molecule has 3 aromatic rings. The first kappa shape index (κ1) is 15.4. The molecule has 118 valence electrons. The Hall–Kier alpha value is -2.53. The average molecular weight is 311 g/mol. The van der Waals surface area contributed by atoms with Gasteiger partial charge in [-0.1, -0.05) is 18.2 Å². The summed E-state index contributed by atoms with van der Waals surface area (Å²) in [4.78, 5) is 10.7. The predicted octanol–water partition coefficient (Wildman–Crippen LogP) is 3.74. The van der Waals surface area contributed by atoms with Crippen molar-refractivity contribution in [3.05, 3.63) is 83.6 Å². The number of nitrogens with zero attached hydrogens (tertiary/aromatic N) is 3. The summed E-state index contributed by atoms with van der Waals surface area (Å²) in [6, 6.07) is 12.1. The SMILES string of the molecule is Cc1cnc(CN(C)[C@H](c2cccc(F)c2)c2ccccn2)o1. The van der Waals surface area contributed by atoms with Gasteiger partial charge in [-0.15, -0.1) is 0 Å². The first-order chi connectivity index (χ1) is 11.1. The van der Waals surface area contributed by atoms with E-state index in [-0.39, 0.29) is 11.9 Å². The topological polar surface area (TPSA) is 42.2 Å². The molecule has 3 rings (SSSR count). The zero-order valence-electron chi connectivity index (χ0n) is 13.1. The second kappa shape index (κ2) is 6.71. The van der Waals surface area contributed by atoms with E-state index in [0.29, 0.717) is 12.4 Å². The first-order valence-corrected chi connectivity index (χ1v) is 7.41. The minimum absolute atomic E-state index is 0.181. The van der Waals surface area contributed by atoms with E-state index in [1.54, 1.807) is 18.5 Å². The van der Waals surface area contributed by atoms with Gasteiger partial charge in [0.15, 0.2) is 0 Å². The van der Waals surface area contributed by atoms with Crippen LogP contribution in [0.5, 0.6) is 0 Å². The summed E-state index contributed by atoms with van der Waals surface area (Å²) in [5.74, 6) is 1.14. The van der Waals surface area contributed by atoms with Crippen molar-refractivity contribution in [3.63, 3.8) is 0 Å². The molecule has 5 heteroatoms. The molecule has 0 saturated heterocycles. The van der Waals surface area contributed by atoms with Crippen LogP contribution in [0.4, 0.5) is 4.39 Å². The van der Waals surface area contributed by atoms with E-state index >= 15 is 0 Å². The van der Waals surface area contributed by atoms with Gasteiger partial charge in [0.1, 0.15) is 11.6 Å². The van der Waals surface area contributed by atoms with Crippen LogP contribution in [0.2, 0.25) is 0 Å². The number of rotatable bonds is 5. The zero-order chi connectivity index (χ0) is 16.2. The molecule has 0 aliphatic heterocycles. The van der Waals surface area contributed by atoms with Crippen molar-refractivity contribution in [1.29, 1.82) is 0 Å². The molecule has 23 heavy (non-hydrogen) atoms. The standard InChI is InChI=1S/C18H18FN3O/c1-13-11-21-17(23-13)12-22(2)18(16-8-3-4-9-20-16)14-6-5-7-15(19)10-14/h3-11,18H,12H2,1-2H3/t18-/m1/s1. The van der Waals surface area contributed by atoms with Crippen molar-refractivity contribution in [2.75, 3.05) is 7.05 Å². The number of hydrogen-bond acceptors (Lipinski definition) is 4. The number of oxazole rings is 1. The number of pyridine rings is 1. The Morgan fingerprint density at radius 3 is 2.70 bits per heavy atom. The average Bonchev–Trinajstić information content (AvgIpc) is 2.94. The van der Waals surface area contributed by atoms with Gasteiger partial charge in [-0.05, 0) is 43.8 Å². The molecule has 0 aliphatic carbocycles. The third-order valence-electron chi connectivity index (χ3n) is 3.63. The van der Waals surface area contributed by atoms with Crippen molar-refractivity contribution in [1.82, 2.24) is 14.9 Å². The summed E-state index contributed by atoms with van der Waals surface area (Å²) in [5, 5.41) is 0. The van der Waals surface area contributed by atoms with Crippen LogP contribution in [-0.4, -0.2) is 21.9 Å². The Balaban J connectivity index is 1.94. The normalized spacial score (nSPS) is 12.5. The molecule has 0 spiro atoms. The maximum absolute atomic E-state index is 13.7. The van der Waals surface area contributed by atoms with E-state index in [4.69, 9.17) is 4.42 Å². The highest BCUT2D eigenvalue weighted by atomic mass is 19.1. The lowest BCUT2D eigenvalue weighted by atomic mass is 10.0. The number of aryl methyl sites for hydroxylation is 1. The molecule has 0 saturated carbocycles. The van der Waals surface area contributed by atoms with Crippen LogP contribution in [0.3, 0.4) is 0 Å². The quantitative estimate of drug-likeness (QED) is 0.720. The molecule has 0 amide bonds. The van der Waals surface area contributed by atoms with Crippen molar-refractivity contribution in [2.24, 2.45) is 0 Å². The number of benzene rings is 1. The lowest BCUT2D eigenvalue weighted by molar-refractivity contribution is 0.237. The van der Waals surface area contributed by atoms with Crippen molar-refractivity contribution < 1.29 is 8.81 Å². The fraction of sp³-hybridized carbons (Fsp3) is 0.222. The summed E-state index contributed by atoms with van der Waals surface area (Å²) in [6.07, 6.45) is 3.44. The van der Waals surface area contributed by atoms with Crippen molar-refractivity contribution in [2.45, 2.75) is 19.5 Å². The highest BCUT2D eigenvalue weighted by Gasteiger charge is 2.22. The van der Waals surface area contributed by atoms with Crippen LogP contribution < -0.4 is 0 Å². The zero-order valence-corrected chi connectivity index (χ0v) is 13.1. The van der Waals surface area contributed by atoms with Gasteiger partial charge in [0, 0.05) is 6.20 Å². The van der Waals surface area contributed by atoms with Gasteiger partial charge in [-0.25, -0.2) is 9.37 Å². The second-order valence-electron chi connectivity index (χ2n) is 5.49. The van der Waals surface area contributed by atoms with Crippen LogP contribution in [0.15, 0.2) is 59.3 Å². The molecule has 1 atom stereocenters. The Morgan fingerprint density at radius 2 is 2.04 bits per heavy atom. The minimum Gasteiger partial charge on any atom is -0.445 e. The summed E-state index contributed by atoms with van der Waals surface area (Å²) in [5.41, 5.74) is 1.69. The molecule has 4 nitrogen and oxygen atoms in total. The minimum atomic E-state index is -0.260. The van der Waals surface area contributed by atoms with Crippen LogP contribution in [0.25, 0.3) is 0 Å². The molecule has 2 aromatic heterocycles. The largest absolute Gasteiger partial charge is 0.445 e. The third kappa shape index (κ3) is 3.63. The summed E-state index contributed by atoms with van der Waals surface area (Å²) >= 11 is 0. The van der Waals surface area contributed by atoms with Gasteiger partial charge in [0.05, 0.1) is 24.5 Å². The van der Waals surface area contributed by atoms with Gasteiger partial charge in [-0.3, -0.25) is 9.88 Å². The maximum Gasteiger partial charge on any atom is 0.208 e. The molecule has 2 heterocycles. The summed E-state index contributed by atoms with van der Waals surface area (Å²) in [6.45, 7) is 2.37. The molecular weight excluding hydrogens is 293 g/mol. The molecule has 0 radical (unpaired) electrons. The highest BCUT2D eigenvalue weighted by Crippen LogP contribution is 2.27. The fourth-order valence-electron chi connectivity index (χ4n) is 2.64. The third-order valence-corrected chi connectivity index (χ3v) is 3.63.